The minimum Gasteiger partial charge on any atom is -0.352 e. The average Bonchev–Trinajstić information content (AvgIpc) is 3.24. The van der Waals surface area contributed by atoms with Gasteiger partial charge in [-0.25, -0.2) is 0 Å². The van der Waals surface area contributed by atoms with Crippen molar-refractivity contribution in [2.45, 2.75) is 39.2 Å². The highest BCUT2D eigenvalue weighted by atomic mass is 16.2. The van der Waals surface area contributed by atoms with Gasteiger partial charge in [0, 0.05) is 44.2 Å². The molecule has 0 saturated carbocycles. The lowest BCUT2D eigenvalue weighted by atomic mass is 9.94. The normalized spacial score (nSPS) is 19.3. The van der Waals surface area contributed by atoms with Gasteiger partial charge in [0.25, 0.3) is 0 Å². The molecule has 6 heteroatoms. The predicted molar refractivity (Wildman–Crippen MR) is 124 cm³/mol. The Morgan fingerprint density at radius 1 is 0.938 bits per heavy atom. The number of likely N-dealkylation sites (tertiary alicyclic amines) is 1. The Balaban J connectivity index is 1.26. The molecule has 2 aromatic carbocycles. The second-order valence-corrected chi connectivity index (χ2v) is 8.73. The van der Waals surface area contributed by atoms with Crippen LogP contribution in [0, 0.1) is 11.8 Å². The SMILES string of the molecule is CCc1ccc(N2CC(C(=O)N3CCC(C(=O)NCc4ccccc4)CC3)CC2=O)cc1. The van der Waals surface area contributed by atoms with Crippen LogP contribution in [0.15, 0.2) is 54.6 Å². The van der Waals surface area contributed by atoms with Crippen LogP contribution >= 0.6 is 0 Å². The summed E-state index contributed by atoms with van der Waals surface area (Å²) >= 11 is 0. The number of piperidine rings is 1. The highest BCUT2D eigenvalue weighted by Crippen LogP contribution is 2.28. The Kier molecular flexibility index (Phi) is 6.88. The number of nitrogens with zero attached hydrogens (tertiary/aromatic N) is 2. The van der Waals surface area contributed by atoms with E-state index in [1.54, 1.807) is 4.90 Å². The molecule has 6 nitrogen and oxygen atoms in total. The van der Waals surface area contributed by atoms with E-state index in [0.29, 0.717) is 39.0 Å². The molecule has 1 N–H and O–H groups in total. The highest BCUT2D eigenvalue weighted by molar-refractivity contribution is 6.00. The second-order valence-electron chi connectivity index (χ2n) is 8.73. The number of rotatable bonds is 6. The summed E-state index contributed by atoms with van der Waals surface area (Å²) in [4.78, 5) is 41.7. The van der Waals surface area contributed by atoms with E-state index in [4.69, 9.17) is 0 Å². The topological polar surface area (TPSA) is 69.7 Å². The molecule has 0 bridgehead atoms. The number of benzene rings is 2. The van der Waals surface area contributed by atoms with Crippen LogP contribution in [-0.4, -0.2) is 42.3 Å². The van der Waals surface area contributed by atoms with Gasteiger partial charge in [0.2, 0.25) is 17.7 Å². The van der Waals surface area contributed by atoms with Crippen molar-refractivity contribution in [1.29, 1.82) is 0 Å². The first-order chi connectivity index (χ1) is 15.5. The lowest BCUT2D eigenvalue weighted by Gasteiger charge is -2.33. The maximum Gasteiger partial charge on any atom is 0.228 e. The molecular formula is C26H31N3O3. The molecule has 168 valence electrons. The monoisotopic (exact) mass is 433 g/mol. The van der Waals surface area contributed by atoms with Crippen molar-refractivity contribution in [3.63, 3.8) is 0 Å². The molecule has 0 aliphatic carbocycles. The predicted octanol–water partition coefficient (Wildman–Crippen LogP) is 3.16. The van der Waals surface area contributed by atoms with Gasteiger partial charge in [-0.05, 0) is 42.5 Å². The summed E-state index contributed by atoms with van der Waals surface area (Å²) in [6.07, 6.45) is 2.53. The number of aryl methyl sites for hydroxylation is 1. The Bertz CT molecular complexity index is 950. The van der Waals surface area contributed by atoms with E-state index < -0.39 is 0 Å². The molecular weight excluding hydrogens is 402 g/mol. The van der Waals surface area contributed by atoms with E-state index in [1.807, 2.05) is 59.5 Å². The first-order valence-electron chi connectivity index (χ1n) is 11.5. The van der Waals surface area contributed by atoms with Crippen molar-refractivity contribution in [2.24, 2.45) is 11.8 Å². The summed E-state index contributed by atoms with van der Waals surface area (Å²) in [5, 5.41) is 3.01. The zero-order valence-electron chi connectivity index (χ0n) is 18.6. The van der Waals surface area contributed by atoms with Crippen LogP contribution < -0.4 is 10.2 Å². The lowest BCUT2D eigenvalue weighted by molar-refractivity contribution is -0.139. The molecule has 2 aliphatic rings. The molecule has 2 heterocycles. The molecule has 2 saturated heterocycles. The van der Waals surface area contributed by atoms with E-state index in [-0.39, 0.29) is 36.0 Å². The van der Waals surface area contributed by atoms with Gasteiger partial charge in [-0.1, -0.05) is 49.4 Å². The van der Waals surface area contributed by atoms with Crippen LogP contribution in [0.3, 0.4) is 0 Å². The van der Waals surface area contributed by atoms with Crippen molar-refractivity contribution in [3.8, 4) is 0 Å². The maximum absolute atomic E-state index is 13.1. The number of carbonyl (C=O) groups excluding carboxylic acids is 3. The molecule has 0 aromatic heterocycles. The minimum atomic E-state index is -0.309. The molecule has 32 heavy (non-hydrogen) atoms. The summed E-state index contributed by atoms with van der Waals surface area (Å²) in [6, 6.07) is 17.8. The van der Waals surface area contributed by atoms with Crippen LogP contribution in [0.25, 0.3) is 0 Å². The molecule has 2 aromatic rings. The van der Waals surface area contributed by atoms with E-state index in [1.165, 1.54) is 5.56 Å². The Morgan fingerprint density at radius 2 is 1.62 bits per heavy atom. The van der Waals surface area contributed by atoms with E-state index in [9.17, 15) is 14.4 Å². The van der Waals surface area contributed by atoms with E-state index in [2.05, 4.69) is 12.2 Å². The van der Waals surface area contributed by atoms with Crippen molar-refractivity contribution in [2.75, 3.05) is 24.5 Å². The third kappa shape index (κ3) is 5.01. The van der Waals surface area contributed by atoms with Gasteiger partial charge in [0.1, 0.15) is 0 Å². The molecule has 2 aliphatic heterocycles. The first-order valence-corrected chi connectivity index (χ1v) is 11.5. The molecule has 2 fully saturated rings. The van der Waals surface area contributed by atoms with Crippen LogP contribution in [0.4, 0.5) is 5.69 Å². The van der Waals surface area contributed by atoms with Gasteiger partial charge < -0.3 is 15.1 Å². The van der Waals surface area contributed by atoms with Gasteiger partial charge in [0.05, 0.1) is 5.92 Å². The summed E-state index contributed by atoms with van der Waals surface area (Å²) in [5.74, 6) is -0.283. The second kappa shape index (κ2) is 9.98. The molecule has 3 amide bonds. The Labute approximate surface area is 189 Å². The minimum absolute atomic E-state index is 0.00257. The van der Waals surface area contributed by atoms with Gasteiger partial charge >= 0.3 is 0 Å². The van der Waals surface area contributed by atoms with Crippen molar-refractivity contribution in [3.05, 3.63) is 65.7 Å². The summed E-state index contributed by atoms with van der Waals surface area (Å²) < 4.78 is 0. The average molecular weight is 434 g/mol. The Hall–Kier alpha value is -3.15. The quantitative estimate of drug-likeness (QED) is 0.761. The number of hydrogen-bond donors (Lipinski definition) is 1. The number of nitrogens with one attached hydrogen (secondary N) is 1. The molecule has 1 unspecified atom stereocenters. The van der Waals surface area contributed by atoms with Crippen molar-refractivity contribution >= 4 is 23.4 Å². The molecule has 1 atom stereocenters. The smallest absolute Gasteiger partial charge is 0.228 e. The third-order valence-corrected chi connectivity index (χ3v) is 6.62. The number of carbonyl (C=O) groups is 3. The largest absolute Gasteiger partial charge is 0.352 e. The van der Waals surface area contributed by atoms with Gasteiger partial charge in [0.15, 0.2) is 0 Å². The highest BCUT2D eigenvalue weighted by Gasteiger charge is 2.38. The molecule has 4 rings (SSSR count). The summed E-state index contributed by atoms with van der Waals surface area (Å²) in [5.41, 5.74) is 3.16. The standard InChI is InChI=1S/C26H31N3O3/c1-2-19-8-10-23(11-9-19)29-18-22(16-24(29)30)26(32)28-14-12-21(13-15-28)25(31)27-17-20-6-4-3-5-7-20/h3-11,21-22H,2,12-18H2,1H3,(H,27,31). The fourth-order valence-electron chi connectivity index (χ4n) is 4.58. The van der Waals surface area contributed by atoms with Gasteiger partial charge in [-0.15, -0.1) is 0 Å². The first kappa shape index (κ1) is 22.1. The van der Waals surface area contributed by atoms with Crippen LogP contribution in [0.5, 0.6) is 0 Å². The zero-order chi connectivity index (χ0) is 22.5. The van der Waals surface area contributed by atoms with E-state index >= 15 is 0 Å². The maximum atomic E-state index is 13.1. The van der Waals surface area contributed by atoms with Crippen LogP contribution in [0.1, 0.15) is 37.3 Å². The van der Waals surface area contributed by atoms with Crippen molar-refractivity contribution in [1.82, 2.24) is 10.2 Å². The summed E-state index contributed by atoms with van der Waals surface area (Å²) in [6.45, 7) is 4.19. The van der Waals surface area contributed by atoms with Gasteiger partial charge in [-0.2, -0.15) is 0 Å². The number of amides is 3. The fourth-order valence-corrected chi connectivity index (χ4v) is 4.58. The zero-order valence-corrected chi connectivity index (χ0v) is 18.6. The van der Waals surface area contributed by atoms with Crippen molar-refractivity contribution < 1.29 is 14.4 Å². The van der Waals surface area contributed by atoms with Crippen LogP contribution in [-0.2, 0) is 27.3 Å². The van der Waals surface area contributed by atoms with E-state index in [0.717, 1.165) is 17.7 Å². The van der Waals surface area contributed by atoms with Crippen LogP contribution in [0.2, 0.25) is 0 Å². The third-order valence-electron chi connectivity index (χ3n) is 6.62. The number of anilines is 1. The summed E-state index contributed by atoms with van der Waals surface area (Å²) in [7, 11) is 0. The Morgan fingerprint density at radius 3 is 2.28 bits per heavy atom. The van der Waals surface area contributed by atoms with Gasteiger partial charge in [-0.3, -0.25) is 14.4 Å². The number of hydrogen-bond acceptors (Lipinski definition) is 3. The molecule has 0 spiro atoms. The lowest BCUT2D eigenvalue weighted by Crippen LogP contribution is -2.45. The molecule has 0 radical (unpaired) electrons. The fraction of sp³-hybridized carbons (Fsp3) is 0.423.